The lowest BCUT2D eigenvalue weighted by molar-refractivity contribution is -0.141. The predicted molar refractivity (Wildman–Crippen MR) is 102 cm³/mol. The maximum Gasteiger partial charge on any atom is 0.433 e. The van der Waals surface area contributed by atoms with Gasteiger partial charge in [-0.2, -0.15) is 13.2 Å². The summed E-state index contributed by atoms with van der Waals surface area (Å²) in [4.78, 5) is 16.9. The van der Waals surface area contributed by atoms with Gasteiger partial charge >= 0.3 is 6.18 Å². The van der Waals surface area contributed by atoms with Gasteiger partial charge in [-0.25, -0.2) is 4.98 Å². The van der Waals surface area contributed by atoms with Gasteiger partial charge in [0.2, 0.25) is 0 Å². The van der Waals surface area contributed by atoms with Gasteiger partial charge in [-0.05, 0) is 35.7 Å². The Kier molecular flexibility index (Phi) is 6.42. The number of aliphatic hydroxyl groups excluding tert-OH is 1. The Morgan fingerprint density at radius 2 is 2.00 bits per heavy atom. The number of ether oxygens (including phenoxy) is 1. The second-order valence-electron chi connectivity index (χ2n) is 7.22. The van der Waals surface area contributed by atoms with E-state index in [1.165, 1.54) is 6.07 Å². The van der Waals surface area contributed by atoms with Crippen LogP contribution in [-0.4, -0.2) is 41.7 Å². The van der Waals surface area contributed by atoms with Gasteiger partial charge in [0.05, 0.1) is 6.54 Å². The number of pyridine rings is 1. The molecule has 1 aromatic heterocycles. The van der Waals surface area contributed by atoms with Crippen molar-refractivity contribution in [1.82, 2.24) is 4.98 Å². The molecule has 8 heteroatoms. The minimum Gasteiger partial charge on any atom is -0.489 e. The lowest BCUT2D eigenvalue weighted by atomic mass is 9.96. The summed E-state index contributed by atoms with van der Waals surface area (Å²) < 4.78 is 44.5. The molecule has 156 valence electrons. The van der Waals surface area contributed by atoms with Crippen molar-refractivity contribution in [3.05, 3.63) is 53.7 Å². The number of benzene rings is 1. The summed E-state index contributed by atoms with van der Waals surface area (Å²) in [5, 5.41) is 8.86. The first kappa shape index (κ1) is 21.1. The van der Waals surface area contributed by atoms with Crippen LogP contribution in [-0.2, 0) is 11.0 Å². The zero-order valence-corrected chi connectivity index (χ0v) is 16.0. The monoisotopic (exact) mass is 408 g/mol. The maximum atomic E-state index is 12.9. The molecule has 1 saturated heterocycles. The topological polar surface area (TPSA) is 62.7 Å². The number of anilines is 1. The summed E-state index contributed by atoms with van der Waals surface area (Å²) in [6, 6.07) is 11.3. The Bertz CT molecular complexity index is 840. The van der Waals surface area contributed by atoms with Gasteiger partial charge in [0.15, 0.2) is 5.78 Å². The van der Waals surface area contributed by atoms with E-state index in [2.05, 4.69) is 4.98 Å². The molecule has 3 rings (SSSR count). The highest BCUT2D eigenvalue weighted by Crippen LogP contribution is 2.30. The van der Waals surface area contributed by atoms with Crippen LogP contribution in [0, 0.1) is 0 Å². The van der Waals surface area contributed by atoms with Crippen LogP contribution in [0.25, 0.3) is 0 Å². The van der Waals surface area contributed by atoms with E-state index in [1.807, 2.05) is 31.2 Å². The van der Waals surface area contributed by atoms with Gasteiger partial charge in [0.25, 0.3) is 0 Å². The fraction of sp³-hybridized carbons (Fsp3) is 0.429. The first-order chi connectivity index (χ1) is 13.8. The molecule has 1 unspecified atom stereocenters. The zero-order chi connectivity index (χ0) is 21.0. The van der Waals surface area contributed by atoms with Crippen LogP contribution in [0.4, 0.5) is 19.0 Å². The van der Waals surface area contributed by atoms with Crippen molar-refractivity contribution in [2.75, 3.05) is 24.6 Å². The predicted octanol–water partition coefficient (Wildman–Crippen LogP) is 3.81. The molecule has 1 aliphatic heterocycles. The van der Waals surface area contributed by atoms with Gasteiger partial charge in [-0.1, -0.05) is 25.1 Å². The second-order valence-corrected chi connectivity index (χ2v) is 7.22. The third-order valence-electron chi connectivity index (χ3n) is 4.96. The summed E-state index contributed by atoms with van der Waals surface area (Å²) in [7, 11) is 0. The van der Waals surface area contributed by atoms with Crippen molar-refractivity contribution in [3.8, 4) is 5.75 Å². The highest BCUT2D eigenvalue weighted by Gasteiger charge is 2.33. The molecule has 0 bridgehead atoms. The molecule has 1 aliphatic rings. The molecule has 2 atom stereocenters. The molecule has 0 amide bonds. The fourth-order valence-electron chi connectivity index (χ4n) is 3.38. The smallest absolute Gasteiger partial charge is 0.433 e. The molecule has 0 aliphatic carbocycles. The van der Waals surface area contributed by atoms with E-state index in [-0.39, 0.29) is 24.2 Å². The number of alkyl halides is 3. The third-order valence-corrected chi connectivity index (χ3v) is 4.96. The van der Waals surface area contributed by atoms with Crippen molar-refractivity contribution in [3.63, 3.8) is 0 Å². The molecule has 2 heterocycles. The average Bonchev–Trinajstić information content (AvgIpc) is 3.16. The number of Topliss-reactive ketones (excluding diaryl/α,β-unsaturated/α-hetero) is 1. The van der Waals surface area contributed by atoms with Crippen LogP contribution in [0.1, 0.15) is 36.9 Å². The van der Waals surface area contributed by atoms with Crippen LogP contribution in [0.2, 0.25) is 0 Å². The molecule has 0 saturated carbocycles. The van der Waals surface area contributed by atoms with E-state index >= 15 is 0 Å². The van der Waals surface area contributed by atoms with E-state index < -0.39 is 18.5 Å². The Morgan fingerprint density at radius 3 is 2.66 bits per heavy atom. The van der Waals surface area contributed by atoms with Crippen LogP contribution in [0.15, 0.2) is 42.5 Å². The highest BCUT2D eigenvalue weighted by atomic mass is 19.4. The summed E-state index contributed by atoms with van der Waals surface area (Å²) in [5.74, 6) is 0.756. The molecular formula is C21H23F3N2O3. The van der Waals surface area contributed by atoms with E-state index in [0.717, 1.165) is 11.6 Å². The fourth-order valence-corrected chi connectivity index (χ4v) is 3.38. The first-order valence-electron chi connectivity index (χ1n) is 9.44. The zero-order valence-electron chi connectivity index (χ0n) is 16.0. The number of hydrogen-bond acceptors (Lipinski definition) is 5. The van der Waals surface area contributed by atoms with E-state index in [4.69, 9.17) is 9.84 Å². The quantitative estimate of drug-likeness (QED) is 0.755. The number of carbonyl (C=O) groups excluding carboxylic acids is 1. The maximum absolute atomic E-state index is 12.9. The average molecular weight is 408 g/mol. The number of carbonyl (C=O) groups is 1. The Morgan fingerprint density at radius 1 is 1.28 bits per heavy atom. The van der Waals surface area contributed by atoms with Crippen LogP contribution >= 0.6 is 0 Å². The van der Waals surface area contributed by atoms with Gasteiger partial charge < -0.3 is 14.7 Å². The van der Waals surface area contributed by atoms with Crippen LogP contribution in [0.3, 0.4) is 0 Å². The second kappa shape index (κ2) is 8.82. The summed E-state index contributed by atoms with van der Waals surface area (Å²) in [5.41, 5.74) is 0.0733. The normalized spacial score (nSPS) is 18.0. The van der Waals surface area contributed by atoms with Crippen molar-refractivity contribution in [2.24, 2.45) is 0 Å². The Balaban J connectivity index is 1.58. The van der Waals surface area contributed by atoms with Gasteiger partial charge in [0, 0.05) is 19.4 Å². The molecule has 5 nitrogen and oxygen atoms in total. The SMILES string of the molecule is C[C@H](CC(=O)CO)c1ccc(OC2CCN(c3cccc(C(F)(F)F)n3)C2)cc1. The minimum atomic E-state index is -4.47. The van der Waals surface area contributed by atoms with Gasteiger partial charge in [-0.3, -0.25) is 4.79 Å². The molecular weight excluding hydrogens is 385 g/mol. The van der Waals surface area contributed by atoms with E-state index in [1.54, 1.807) is 11.0 Å². The van der Waals surface area contributed by atoms with Crippen molar-refractivity contribution < 1.29 is 27.8 Å². The highest BCUT2D eigenvalue weighted by molar-refractivity contribution is 5.80. The molecule has 2 aromatic rings. The Hall–Kier alpha value is -2.61. The number of ketones is 1. The van der Waals surface area contributed by atoms with Crippen molar-refractivity contribution >= 4 is 11.6 Å². The third kappa shape index (κ3) is 5.47. The molecule has 0 spiro atoms. The molecule has 0 radical (unpaired) electrons. The summed E-state index contributed by atoms with van der Waals surface area (Å²) >= 11 is 0. The number of hydrogen-bond donors (Lipinski definition) is 1. The van der Waals surface area contributed by atoms with Gasteiger partial charge in [0.1, 0.15) is 30.0 Å². The van der Waals surface area contributed by atoms with Crippen LogP contribution in [0.5, 0.6) is 5.75 Å². The lowest BCUT2D eigenvalue weighted by Crippen LogP contribution is -2.25. The first-order valence-corrected chi connectivity index (χ1v) is 9.44. The summed E-state index contributed by atoms with van der Waals surface area (Å²) in [6.45, 7) is 2.49. The van der Waals surface area contributed by atoms with Crippen LogP contribution < -0.4 is 9.64 Å². The summed E-state index contributed by atoms with van der Waals surface area (Å²) in [6.07, 6.45) is -3.66. The number of nitrogens with zero attached hydrogens (tertiary/aromatic N) is 2. The Labute approximate surface area is 167 Å². The van der Waals surface area contributed by atoms with Gasteiger partial charge in [-0.15, -0.1) is 0 Å². The standard InChI is InChI=1S/C21H23F3N2O3/c1-14(11-16(28)13-27)15-5-7-17(8-6-15)29-18-9-10-26(12-18)20-4-2-3-19(25-20)21(22,23)24/h2-8,14,18,27H,9-13H2,1H3/t14-,18?/m1/s1. The minimum absolute atomic E-state index is 0.00217. The lowest BCUT2D eigenvalue weighted by Gasteiger charge is -2.19. The molecule has 1 fully saturated rings. The van der Waals surface area contributed by atoms with Crippen molar-refractivity contribution in [1.29, 1.82) is 0 Å². The van der Waals surface area contributed by atoms with Crippen molar-refractivity contribution in [2.45, 2.75) is 38.0 Å². The molecule has 29 heavy (non-hydrogen) atoms. The number of halogens is 3. The van der Waals surface area contributed by atoms with E-state index in [0.29, 0.717) is 31.1 Å². The number of rotatable bonds is 7. The molecule has 1 N–H and O–H groups in total. The largest absolute Gasteiger partial charge is 0.489 e. The number of aromatic nitrogens is 1. The molecule has 1 aromatic carbocycles. The number of aliphatic hydroxyl groups is 1. The van der Waals surface area contributed by atoms with E-state index in [9.17, 15) is 18.0 Å².